The molecule has 2 atom stereocenters. The minimum Gasteiger partial charge on any atom is -0.385 e. The monoisotopic (exact) mass is 208 g/mol. The molecule has 0 radical (unpaired) electrons. The number of hydrogen-bond donors (Lipinski definition) is 1. The summed E-state index contributed by atoms with van der Waals surface area (Å²) in [5.74, 6) is 0.0162. The van der Waals surface area contributed by atoms with Crippen molar-refractivity contribution in [2.45, 2.75) is 38.2 Å². The lowest BCUT2D eigenvalue weighted by atomic mass is 9.72. The predicted molar refractivity (Wildman–Crippen MR) is 57.9 cm³/mol. The Morgan fingerprint density at radius 3 is 2.53 bits per heavy atom. The normalized spacial score (nSPS) is 31.5. The van der Waals surface area contributed by atoms with Gasteiger partial charge in [-0.25, -0.2) is 4.39 Å². The maximum absolute atomic E-state index is 12.8. The van der Waals surface area contributed by atoms with Gasteiger partial charge in [-0.2, -0.15) is 0 Å². The summed E-state index contributed by atoms with van der Waals surface area (Å²) in [5.41, 5.74) is 0.113. The summed E-state index contributed by atoms with van der Waals surface area (Å²) in [6.07, 6.45) is 4.08. The van der Waals surface area contributed by atoms with E-state index < -0.39 is 5.60 Å². The van der Waals surface area contributed by atoms with Gasteiger partial charge in [-0.15, -0.1) is 0 Å². The van der Waals surface area contributed by atoms with Crippen molar-refractivity contribution in [2.75, 3.05) is 0 Å². The molecule has 1 aromatic rings. The highest BCUT2D eigenvalue weighted by Gasteiger charge is 2.37. The zero-order valence-electron chi connectivity index (χ0n) is 9.04. The highest BCUT2D eigenvalue weighted by molar-refractivity contribution is 5.24. The third kappa shape index (κ3) is 1.91. The lowest BCUT2D eigenvalue weighted by molar-refractivity contribution is -0.0470. The number of aliphatic hydroxyl groups is 1. The Kier molecular flexibility index (Phi) is 2.79. The second-order valence-electron chi connectivity index (χ2n) is 4.58. The minimum atomic E-state index is -0.744. The third-order valence-corrected chi connectivity index (χ3v) is 3.60. The summed E-state index contributed by atoms with van der Waals surface area (Å²) < 4.78 is 12.8. The van der Waals surface area contributed by atoms with Gasteiger partial charge in [-0.3, -0.25) is 0 Å². The van der Waals surface area contributed by atoms with Crippen LogP contribution in [0.1, 0.15) is 38.2 Å². The van der Waals surface area contributed by atoms with Gasteiger partial charge in [-0.05, 0) is 36.5 Å². The zero-order chi connectivity index (χ0) is 10.9. The molecule has 1 saturated carbocycles. The molecule has 1 fully saturated rings. The molecular formula is C13H17FO. The maximum atomic E-state index is 12.8. The van der Waals surface area contributed by atoms with Gasteiger partial charge in [-0.1, -0.05) is 31.9 Å². The molecule has 2 heteroatoms. The van der Waals surface area contributed by atoms with Crippen molar-refractivity contribution in [1.29, 1.82) is 0 Å². The predicted octanol–water partition coefficient (Wildman–Crippen LogP) is 3.22. The van der Waals surface area contributed by atoms with E-state index in [-0.39, 0.29) is 11.7 Å². The molecule has 15 heavy (non-hydrogen) atoms. The van der Waals surface area contributed by atoms with Gasteiger partial charge in [0.1, 0.15) is 5.82 Å². The topological polar surface area (TPSA) is 20.2 Å². The first-order valence-electron chi connectivity index (χ1n) is 5.61. The average molecular weight is 208 g/mol. The summed E-state index contributed by atoms with van der Waals surface area (Å²) >= 11 is 0. The first kappa shape index (κ1) is 10.6. The molecule has 0 heterocycles. The zero-order valence-corrected chi connectivity index (χ0v) is 9.04. The molecule has 82 valence electrons. The second kappa shape index (κ2) is 3.93. The van der Waals surface area contributed by atoms with Crippen LogP contribution in [0.2, 0.25) is 0 Å². The number of benzene rings is 1. The molecule has 0 bridgehead atoms. The fraction of sp³-hybridized carbons (Fsp3) is 0.538. The molecule has 1 aliphatic rings. The Labute approximate surface area is 89.9 Å². The van der Waals surface area contributed by atoms with Crippen LogP contribution in [-0.4, -0.2) is 5.11 Å². The van der Waals surface area contributed by atoms with Gasteiger partial charge in [0.25, 0.3) is 0 Å². The van der Waals surface area contributed by atoms with E-state index in [2.05, 4.69) is 6.92 Å². The smallest absolute Gasteiger partial charge is 0.123 e. The van der Waals surface area contributed by atoms with Crippen LogP contribution in [0.5, 0.6) is 0 Å². The van der Waals surface area contributed by atoms with E-state index >= 15 is 0 Å². The summed E-state index contributed by atoms with van der Waals surface area (Å²) in [4.78, 5) is 0. The van der Waals surface area contributed by atoms with Crippen molar-refractivity contribution in [3.8, 4) is 0 Å². The van der Waals surface area contributed by atoms with Crippen LogP contribution in [-0.2, 0) is 5.60 Å². The molecule has 0 spiro atoms. The van der Waals surface area contributed by atoms with Crippen molar-refractivity contribution in [3.05, 3.63) is 35.6 Å². The van der Waals surface area contributed by atoms with Crippen molar-refractivity contribution in [3.63, 3.8) is 0 Å². The van der Waals surface area contributed by atoms with Crippen LogP contribution < -0.4 is 0 Å². The summed E-state index contributed by atoms with van der Waals surface area (Å²) in [6.45, 7) is 2.07. The summed E-state index contributed by atoms with van der Waals surface area (Å²) in [7, 11) is 0. The van der Waals surface area contributed by atoms with Crippen molar-refractivity contribution in [2.24, 2.45) is 5.92 Å². The van der Waals surface area contributed by atoms with Crippen molar-refractivity contribution < 1.29 is 9.50 Å². The second-order valence-corrected chi connectivity index (χ2v) is 4.58. The first-order valence-corrected chi connectivity index (χ1v) is 5.61. The Morgan fingerprint density at radius 1 is 1.27 bits per heavy atom. The van der Waals surface area contributed by atoms with E-state index in [1.807, 2.05) is 0 Å². The van der Waals surface area contributed by atoms with Crippen LogP contribution in [0.4, 0.5) is 4.39 Å². The van der Waals surface area contributed by atoms with E-state index in [9.17, 15) is 9.50 Å². The molecule has 0 aliphatic heterocycles. The first-order chi connectivity index (χ1) is 7.13. The molecule has 0 saturated heterocycles. The van der Waals surface area contributed by atoms with Crippen LogP contribution in [0.15, 0.2) is 24.3 Å². The Hall–Kier alpha value is -0.890. The fourth-order valence-electron chi connectivity index (χ4n) is 2.50. The molecule has 1 aromatic carbocycles. The van der Waals surface area contributed by atoms with Crippen LogP contribution in [0, 0.1) is 11.7 Å². The van der Waals surface area contributed by atoms with Crippen molar-refractivity contribution in [1.82, 2.24) is 0 Å². The van der Waals surface area contributed by atoms with E-state index in [0.717, 1.165) is 24.8 Å². The Bertz CT molecular complexity index is 333. The molecule has 1 nitrogen and oxygen atoms in total. The standard InChI is InChI=1S/C13H17FO/c1-10-4-2-3-9-13(10,15)11-5-7-12(14)8-6-11/h5-8,10,15H,2-4,9H2,1H3/t10-,13+/m1/s1. The molecule has 0 aromatic heterocycles. The Balaban J connectivity index is 2.30. The van der Waals surface area contributed by atoms with Gasteiger partial charge in [0.05, 0.1) is 5.60 Å². The largest absolute Gasteiger partial charge is 0.385 e. The van der Waals surface area contributed by atoms with Gasteiger partial charge in [0.15, 0.2) is 0 Å². The van der Waals surface area contributed by atoms with E-state index in [1.54, 1.807) is 12.1 Å². The van der Waals surface area contributed by atoms with E-state index in [4.69, 9.17) is 0 Å². The summed E-state index contributed by atoms with van der Waals surface area (Å²) in [5, 5.41) is 10.6. The summed E-state index contributed by atoms with van der Waals surface area (Å²) in [6, 6.07) is 6.26. The van der Waals surface area contributed by atoms with E-state index in [0.29, 0.717) is 0 Å². The maximum Gasteiger partial charge on any atom is 0.123 e. The number of hydrogen-bond acceptors (Lipinski definition) is 1. The lowest BCUT2D eigenvalue weighted by Crippen LogP contribution is -2.36. The van der Waals surface area contributed by atoms with Crippen LogP contribution in [0.3, 0.4) is 0 Å². The molecule has 2 rings (SSSR count). The van der Waals surface area contributed by atoms with Crippen molar-refractivity contribution >= 4 is 0 Å². The minimum absolute atomic E-state index is 0.245. The molecule has 1 aliphatic carbocycles. The molecule has 1 N–H and O–H groups in total. The fourth-order valence-corrected chi connectivity index (χ4v) is 2.50. The number of rotatable bonds is 1. The lowest BCUT2D eigenvalue weighted by Gasteiger charge is -2.38. The average Bonchev–Trinajstić information content (AvgIpc) is 2.23. The quantitative estimate of drug-likeness (QED) is 0.751. The van der Waals surface area contributed by atoms with Gasteiger partial charge < -0.3 is 5.11 Å². The van der Waals surface area contributed by atoms with Gasteiger partial charge in [0, 0.05) is 0 Å². The Morgan fingerprint density at radius 2 is 1.93 bits per heavy atom. The highest BCUT2D eigenvalue weighted by atomic mass is 19.1. The third-order valence-electron chi connectivity index (χ3n) is 3.60. The van der Waals surface area contributed by atoms with E-state index in [1.165, 1.54) is 18.6 Å². The molecule has 0 unspecified atom stereocenters. The van der Waals surface area contributed by atoms with Gasteiger partial charge in [0.2, 0.25) is 0 Å². The van der Waals surface area contributed by atoms with Gasteiger partial charge >= 0.3 is 0 Å². The molecular weight excluding hydrogens is 191 g/mol. The number of halogens is 1. The molecule has 0 amide bonds. The van der Waals surface area contributed by atoms with Crippen LogP contribution >= 0.6 is 0 Å². The SMILES string of the molecule is C[C@@H]1CCCC[C@@]1(O)c1ccc(F)cc1. The highest BCUT2D eigenvalue weighted by Crippen LogP contribution is 2.41. The van der Waals surface area contributed by atoms with Crippen LogP contribution in [0.25, 0.3) is 0 Å².